The summed E-state index contributed by atoms with van der Waals surface area (Å²) in [5.74, 6) is -1.61. The Morgan fingerprint density at radius 2 is 1.86 bits per heavy atom. The molecule has 3 aromatic rings. The first-order valence-electron chi connectivity index (χ1n) is 8.10. The molecule has 1 atom stereocenters. The summed E-state index contributed by atoms with van der Waals surface area (Å²) in [5, 5.41) is 28.2. The Balaban J connectivity index is 2.44. The van der Waals surface area contributed by atoms with E-state index < -0.39 is 29.8 Å². The maximum atomic E-state index is 12.7. The second kappa shape index (κ2) is 8.56. The molecule has 1 aromatic carbocycles. The van der Waals surface area contributed by atoms with E-state index in [0.717, 1.165) is 16.8 Å². The van der Waals surface area contributed by atoms with Crippen molar-refractivity contribution in [3.8, 4) is 11.6 Å². The first-order valence-corrected chi connectivity index (χ1v) is 9.23. The lowest BCUT2D eigenvalue weighted by molar-refractivity contribution is 0.0526. The minimum Gasteiger partial charge on any atom is -0.477 e. The van der Waals surface area contributed by atoms with Gasteiger partial charge in [0.05, 0.1) is 39.1 Å². The minimum atomic E-state index is -1.41. The highest BCUT2D eigenvalue weighted by molar-refractivity contribution is 6.38. The molecule has 0 aliphatic rings. The fraction of sp³-hybridized carbons (Fsp3) is 0.167. The van der Waals surface area contributed by atoms with Gasteiger partial charge in [0.1, 0.15) is 23.8 Å². The molecule has 152 valence electrons. The number of aliphatic hydroxyl groups excluding tert-OH is 2. The van der Waals surface area contributed by atoms with E-state index in [2.05, 4.69) is 4.98 Å². The number of carboxylic acid groups (broad SMARTS) is 1. The molecule has 11 heteroatoms. The molecule has 0 radical (unpaired) electrons. The quantitative estimate of drug-likeness (QED) is 0.518. The number of rotatable bonds is 6. The van der Waals surface area contributed by atoms with Crippen LogP contribution >= 0.6 is 34.8 Å². The van der Waals surface area contributed by atoms with Crippen LogP contribution in [0.4, 0.5) is 0 Å². The van der Waals surface area contributed by atoms with Crippen LogP contribution in [0.1, 0.15) is 10.5 Å². The third-order valence-corrected chi connectivity index (χ3v) is 4.84. The summed E-state index contributed by atoms with van der Waals surface area (Å²) in [6, 6.07) is 5.45. The number of para-hydroxylation sites is 1. The van der Waals surface area contributed by atoms with Crippen molar-refractivity contribution in [2.75, 3.05) is 13.2 Å². The molecule has 0 saturated carbocycles. The molecule has 0 spiro atoms. The Morgan fingerprint density at radius 1 is 1.21 bits per heavy atom. The maximum absolute atomic E-state index is 12.7. The summed E-state index contributed by atoms with van der Waals surface area (Å²) < 4.78 is 6.49. The minimum absolute atomic E-state index is 0.0324. The van der Waals surface area contributed by atoms with Crippen molar-refractivity contribution in [3.05, 3.63) is 61.4 Å². The van der Waals surface area contributed by atoms with Gasteiger partial charge >= 0.3 is 5.97 Å². The van der Waals surface area contributed by atoms with Crippen molar-refractivity contribution >= 4 is 51.7 Å². The number of fused-ring (bicyclic) bond motifs is 1. The molecule has 2 aromatic heterocycles. The molecule has 1 unspecified atom stereocenters. The molecule has 0 aliphatic heterocycles. The van der Waals surface area contributed by atoms with E-state index in [4.69, 9.17) is 44.6 Å². The van der Waals surface area contributed by atoms with Gasteiger partial charge in [0.2, 0.25) is 5.88 Å². The molecular weight excluding hydrogens is 447 g/mol. The van der Waals surface area contributed by atoms with E-state index in [0.29, 0.717) is 0 Å². The number of ether oxygens (including phenoxy) is 1. The fourth-order valence-electron chi connectivity index (χ4n) is 2.71. The number of aromatic carboxylic acids is 1. The third kappa shape index (κ3) is 4.03. The number of hydrogen-bond donors (Lipinski definition) is 3. The van der Waals surface area contributed by atoms with Gasteiger partial charge in [-0.2, -0.15) is 0 Å². The summed E-state index contributed by atoms with van der Waals surface area (Å²) in [6.45, 7) is -0.915. The van der Waals surface area contributed by atoms with Gasteiger partial charge in [0.15, 0.2) is 5.43 Å². The second-order valence-corrected chi connectivity index (χ2v) is 7.11. The number of aliphatic hydroxyl groups is 2. The van der Waals surface area contributed by atoms with E-state index >= 15 is 0 Å². The number of hydrogen-bond acceptors (Lipinski definition) is 6. The van der Waals surface area contributed by atoms with Crippen molar-refractivity contribution in [3.63, 3.8) is 0 Å². The number of pyridine rings is 2. The molecule has 3 N–H and O–H groups in total. The number of carbonyl (C=O) groups is 1. The lowest BCUT2D eigenvalue weighted by Gasteiger charge is -2.19. The van der Waals surface area contributed by atoms with Gasteiger partial charge in [-0.25, -0.2) is 9.78 Å². The van der Waals surface area contributed by atoms with Gasteiger partial charge in [0, 0.05) is 6.07 Å². The molecular formula is C18H13Cl3N2O6. The summed E-state index contributed by atoms with van der Waals surface area (Å²) in [5.41, 5.74) is -1.07. The second-order valence-electron chi connectivity index (χ2n) is 5.89. The third-order valence-electron chi connectivity index (χ3n) is 3.95. The van der Waals surface area contributed by atoms with Crippen molar-refractivity contribution in [1.29, 1.82) is 0 Å². The largest absolute Gasteiger partial charge is 0.477 e. The van der Waals surface area contributed by atoms with Crippen LogP contribution in [-0.4, -0.2) is 50.2 Å². The van der Waals surface area contributed by atoms with Gasteiger partial charge in [-0.15, -0.1) is 0 Å². The molecule has 0 aliphatic carbocycles. The molecule has 0 fully saturated rings. The van der Waals surface area contributed by atoms with Crippen molar-refractivity contribution in [1.82, 2.24) is 9.55 Å². The molecule has 2 heterocycles. The zero-order valence-corrected chi connectivity index (χ0v) is 16.7. The molecule has 0 saturated heterocycles. The van der Waals surface area contributed by atoms with E-state index in [1.807, 2.05) is 0 Å². The van der Waals surface area contributed by atoms with Gasteiger partial charge in [-0.3, -0.25) is 9.36 Å². The predicted octanol–water partition coefficient (Wildman–Crippen LogP) is 2.78. The summed E-state index contributed by atoms with van der Waals surface area (Å²) in [6.07, 6.45) is -0.0438. The fourth-order valence-corrected chi connectivity index (χ4v) is 3.51. The number of halogens is 3. The zero-order chi connectivity index (χ0) is 21.3. The van der Waals surface area contributed by atoms with Crippen LogP contribution in [-0.2, 0) is 0 Å². The highest BCUT2D eigenvalue weighted by Gasteiger charge is 2.24. The highest BCUT2D eigenvalue weighted by Crippen LogP contribution is 2.35. The van der Waals surface area contributed by atoms with E-state index in [1.54, 1.807) is 6.07 Å². The Morgan fingerprint density at radius 3 is 2.45 bits per heavy atom. The van der Waals surface area contributed by atoms with E-state index in [1.165, 1.54) is 12.1 Å². The van der Waals surface area contributed by atoms with Gasteiger partial charge in [-0.1, -0.05) is 40.9 Å². The Labute approximate surface area is 178 Å². The van der Waals surface area contributed by atoms with Crippen molar-refractivity contribution in [2.24, 2.45) is 0 Å². The lowest BCUT2D eigenvalue weighted by Crippen LogP contribution is -2.23. The topological polar surface area (TPSA) is 122 Å². The maximum Gasteiger partial charge on any atom is 0.353 e. The molecule has 0 amide bonds. The normalized spacial score (nSPS) is 12.2. The molecule has 29 heavy (non-hydrogen) atoms. The van der Waals surface area contributed by atoms with E-state index in [9.17, 15) is 19.8 Å². The van der Waals surface area contributed by atoms with Crippen LogP contribution in [0.2, 0.25) is 15.1 Å². The van der Waals surface area contributed by atoms with E-state index in [-0.39, 0.29) is 44.1 Å². The molecule has 8 nitrogen and oxygen atoms in total. The van der Waals surface area contributed by atoms with Crippen LogP contribution in [0, 0.1) is 0 Å². The summed E-state index contributed by atoms with van der Waals surface area (Å²) in [4.78, 5) is 28.5. The van der Waals surface area contributed by atoms with Gasteiger partial charge in [0.25, 0.3) is 0 Å². The number of benzene rings is 1. The standard InChI is InChI=1S/C18H13Cl3N2O6/c19-9-2-1-3-10(20)15(9)23-12(18(27)28)4-13(26)14-16(23)11(21)5-22-17(14)29-7-8(25)6-24/h1-5,8,24-25H,6-7H2,(H,27,28). The van der Waals surface area contributed by atoms with Gasteiger partial charge in [-0.05, 0) is 12.1 Å². The first-order chi connectivity index (χ1) is 13.8. The van der Waals surface area contributed by atoms with Crippen LogP contribution in [0.5, 0.6) is 5.88 Å². The van der Waals surface area contributed by atoms with Crippen LogP contribution < -0.4 is 10.2 Å². The number of aromatic nitrogens is 2. The monoisotopic (exact) mass is 458 g/mol. The van der Waals surface area contributed by atoms with Gasteiger partial charge < -0.3 is 20.1 Å². The highest BCUT2D eigenvalue weighted by atomic mass is 35.5. The zero-order valence-electron chi connectivity index (χ0n) is 14.5. The molecule has 0 bridgehead atoms. The predicted molar refractivity (Wildman–Crippen MR) is 108 cm³/mol. The summed E-state index contributed by atoms with van der Waals surface area (Å²) in [7, 11) is 0. The summed E-state index contributed by atoms with van der Waals surface area (Å²) >= 11 is 18.8. The average molecular weight is 460 g/mol. The van der Waals surface area contributed by atoms with Crippen molar-refractivity contribution < 1.29 is 24.9 Å². The Hall–Kier alpha value is -2.36. The van der Waals surface area contributed by atoms with Crippen LogP contribution in [0.15, 0.2) is 35.3 Å². The molecule has 3 rings (SSSR count). The Kier molecular flexibility index (Phi) is 6.30. The SMILES string of the molecule is O=C(O)c1cc(=O)c2c(OCC(O)CO)ncc(Cl)c2n1-c1c(Cl)cccc1Cl. The van der Waals surface area contributed by atoms with Crippen molar-refractivity contribution in [2.45, 2.75) is 6.10 Å². The Bertz CT molecular complexity index is 1140. The smallest absolute Gasteiger partial charge is 0.353 e. The number of nitrogens with zero attached hydrogens (tertiary/aromatic N) is 2. The van der Waals surface area contributed by atoms with Crippen LogP contribution in [0.3, 0.4) is 0 Å². The lowest BCUT2D eigenvalue weighted by atomic mass is 10.1. The average Bonchev–Trinajstić information content (AvgIpc) is 2.68. The first kappa shape index (κ1) is 21.4. The van der Waals surface area contributed by atoms with Crippen LogP contribution in [0.25, 0.3) is 16.6 Å². The number of carboxylic acids is 1.